The van der Waals surface area contributed by atoms with Crippen molar-refractivity contribution < 1.29 is 27.8 Å². The fourth-order valence-electron chi connectivity index (χ4n) is 5.18. The Morgan fingerprint density at radius 2 is 1.62 bits per heavy atom. The lowest BCUT2D eigenvalue weighted by Crippen LogP contribution is -2.41. The van der Waals surface area contributed by atoms with E-state index in [2.05, 4.69) is 12.1 Å². The molecular weight excluding hydrogens is 416 g/mol. The number of nitrogens with zero attached hydrogens (tertiary/aromatic N) is 1. The van der Waals surface area contributed by atoms with Crippen LogP contribution in [0.5, 0.6) is 0 Å². The van der Waals surface area contributed by atoms with E-state index in [1.54, 1.807) is 0 Å². The molecule has 168 valence electrons. The molecule has 2 fully saturated rings. The summed E-state index contributed by atoms with van der Waals surface area (Å²) >= 11 is 0. The number of hydrogen-bond donors (Lipinski definition) is 0. The minimum Gasteiger partial charge on any atom is -0.448 e. The minimum atomic E-state index is -2.63. The topological polar surface area (TPSA) is 55.8 Å². The average Bonchev–Trinajstić information content (AvgIpc) is 3.31. The average molecular weight is 441 g/mol. The Kier molecular flexibility index (Phi) is 5.35. The van der Waals surface area contributed by atoms with Gasteiger partial charge in [-0.25, -0.2) is 18.4 Å². The third-order valence-electron chi connectivity index (χ3n) is 6.96. The van der Waals surface area contributed by atoms with Crippen molar-refractivity contribution in [2.45, 2.75) is 50.0 Å². The number of hydrogen-bond acceptors (Lipinski definition) is 4. The molecule has 0 aromatic heterocycles. The Labute approximate surface area is 185 Å². The SMILES string of the molecule is O=C1OCN(C(=O)OCC2c3ccccc3-c3ccccc32)[C@H]1CC1CCC(F)(F)CC1. The zero-order valence-electron chi connectivity index (χ0n) is 17.6. The molecule has 1 heterocycles. The predicted octanol–water partition coefficient (Wildman–Crippen LogP) is 5.34. The van der Waals surface area contributed by atoms with Gasteiger partial charge >= 0.3 is 12.1 Å². The molecular formula is C25H25F2NO4. The number of ether oxygens (including phenoxy) is 2. The molecule has 0 spiro atoms. The van der Waals surface area contributed by atoms with E-state index in [0.717, 1.165) is 22.3 Å². The number of carbonyl (C=O) groups excluding carboxylic acids is 2. The van der Waals surface area contributed by atoms with Gasteiger partial charge in [-0.2, -0.15) is 0 Å². The first-order valence-corrected chi connectivity index (χ1v) is 11.1. The first-order valence-electron chi connectivity index (χ1n) is 11.1. The maximum atomic E-state index is 13.5. The number of alkyl halides is 2. The van der Waals surface area contributed by atoms with Crippen LogP contribution in [0.1, 0.15) is 49.1 Å². The number of carbonyl (C=O) groups is 2. The fourth-order valence-corrected chi connectivity index (χ4v) is 5.18. The van der Waals surface area contributed by atoms with Crippen LogP contribution in [0.4, 0.5) is 13.6 Å². The summed E-state index contributed by atoms with van der Waals surface area (Å²) in [7, 11) is 0. The van der Waals surface area contributed by atoms with E-state index in [1.807, 2.05) is 36.4 Å². The smallest absolute Gasteiger partial charge is 0.413 e. The van der Waals surface area contributed by atoms with Crippen LogP contribution in [0, 0.1) is 5.92 Å². The lowest BCUT2D eigenvalue weighted by atomic mass is 9.83. The van der Waals surface area contributed by atoms with Gasteiger partial charge in [0, 0.05) is 18.8 Å². The van der Waals surface area contributed by atoms with Gasteiger partial charge in [0.15, 0.2) is 6.73 Å². The molecule has 5 nitrogen and oxygen atoms in total. The van der Waals surface area contributed by atoms with E-state index in [4.69, 9.17) is 9.47 Å². The molecule has 2 aliphatic carbocycles. The Hall–Kier alpha value is -2.96. The summed E-state index contributed by atoms with van der Waals surface area (Å²) in [4.78, 5) is 26.4. The van der Waals surface area contributed by atoms with Crippen molar-refractivity contribution >= 4 is 12.1 Å². The highest BCUT2D eigenvalue weighted by atomic mass is 19.3. The summed E-state index contributed by atoms with van der Waals surface area (Å²) in [6.07, 6.45) is 0.0576. The molecule has 0 radical (unpaired) electrons. The standard InChI is InChI=1S/C25H25F2NO4/c26-25(27)11-9-16(10-12-25)13-22-23(29)32-15-28(22)24(30)31-14-21-19-7-3-1-5-17(19)18-6-2-4-8-20(18)21/h1-8,16,21-22H,9-15H2/t22-/m0/s1. The van der Waals surface area contributed by atoms with Crippen LogP contribution in [-0.2, 0) is 14.3 Å². The van der Waals surface area contributed by atoms with Gasteiger partial charge in [0.05, 0.1) is 0 Å². The number of amides is 1. The van der Waals surface area contributed by atoms with Crippen LogP contribution in [0.15, 0.2) is 48.5 Å². The van der Waals surface area contributed by atoms with Crippen LogP contribution in [0.3, 0.4) is 0 Å². The zero-order chi connectivity index (χ0) is 22.3. The monoisotopic (exact) mass is 441 g/mol. The molecule has 3 aliphatic rings. The third-order valence-corrected chi connectivity index (χ3v) is 6.96. The summed E-state index contributed by atoms with van der Waals surface area (Å²) in [5, 5.41) is 0. The minimum absolute atomic E-state index is 0.0332. The van der Waals surface area contributed by atoms with Gasteiger partial charge in [-0.15, -0.1) is 0 Å². The number of benzene rings is 2. The molecule has 7 heteroatoms. The van der Waals surface area contributed by atoms with Crippen LogP contribution in [0.2, 0.25) is 0 Å². The molecule has 2 aromatic carbocycles. The lowest BCUT2D eigenvalue weighted by Gasteiger charge is -2.30. The van der Waals surface area contributed by atoms with Crippen LogP contribution < -0.4 is 0 Å². The Morgan fingerprint density at radius 3 is 2.25 bits per heavy atom. The molecule has 1 saturated carbocycles. The summed E-state index contributed by atoms with van der Waals surface area (Å²) < 4.78 is 37.7. The van der Waals surface area contributed by atoms with Crippen molar-refractivity contribution in [1.82, 2.24) is 4.90 Å². The summed E-state index contributed by atoms with van der Waals surface area (Å²) in [5.41, 5.74) is 4.48. The van der Waals surface area contributed by atoms with Gasteiger partial charge in [0.1, 0.15) is 12.6 Å². The molecule has 2 aromatic rings. The number of halogens is 2. The first kappa shape index (κ1) is 20.9. The number of cyclic esters (lactones) is 1. The van der Waals surface area contributed by atoms with Gasteiger partial charge in [-0.3, -0.25) is 4.90 Å². The quantitative estimate of drug-likeness (QED) is 0.602. The molecule has 32 heavy (non-hydrogen) atoms. The van der Waals surface area contributed by atoms with Crippen molar-refractivity contribution in [2.75, 3.05) is 13.3 Å². The van der Waals surface area contributed by atoms with E-state index < -0.39 is 24.0 Å². The van der Waals surface area contributed by atoms with Crippen LogP contribution >= 0.6 is 0 Å². The summed E-state index contributed by atoms with van der Waals surface area (Å²) in [5.74, 6) is -3.23. The van der Waals surface area contributed by atoms with Gasteiger partial charge < -0.3 is 9.47 Å². The normalized spacial score (nSPS) is 22.4. The van der Waals surface area contributed by atoms with Crippen LogP contribution in [0.25, 0.3) is 11.1 Å². The Balaban J connectivity index is 1.25. The number of fused-ring (bicyclic) bond motifs is 3. The molecule has 1 aliphatic heterocycles. The molecule has 0 N–H and O–H groups in total. The summed E-state index contributed by atoms with van der Waals surface area (Å²) in [6.45, 7) is -0.0109. The van der Waals surface area contributed by atoms with Gasteiger partial charge in [0.2, 0.25) is 5.92 Å². The van der Waals surface area contributed by atoms with Crippen molar-refractivity contribution in [3.05, 3.63) is 59.7 Å². The molecule has 0 unspecified atom stereocenters. The second kappa shape index (κ2) is 8.19. The highest BCUT2D eigenvalue weighted by molar-refractivity contribution is 5.84. The zero-order valence-corrected chi connectivity index (χ0v) is 17.6. The first-order chi connectivity index (χ1) is 15.4. The van der Waals surface area contributed by atoms with E-state index in [1.165, 1.54) is 4.90 Å². The molecule has 1 saturated heterocycles. The predicted molar refractivity (Wildman–Crippen MR) is 113 cm³/mol. The summed E-state index contributed by atoms with van der Waals surface area (Å²) in [6, 6.07) is 15.3. The molecule has 5 rings (SSSR count). The lowest BCUT2D eigenvalue weighted by molar-refractivity contribution is -0.139. The number of rotatable bonds is 4. The van der Waals surface area contributed by atoms with Crippen molar-refractivity contribution in [3.8, 4) is 11.1 Å². The van der Waals surface area contributed by atoms with Crippen LogP contribution in [-0.4, -0.2) is 42.3 Å². The molecule has 1 amide bonds. The van der Waals surface area contributed by atoms with E-state index in [0.29, 0.717) is 19.3 Å². The van der Waals surface area contributed by atoms with Crippen molar-refractivity contribution in [3.63, 3.8) is 0 Å². The second-order valence-corrected chi connectivity index (χ2v) is 8.92. The van der Waals surface area contributed by atoms with Crippen molar-refractivity contribution in [1.29, 1.82) is 0 Å². The molecule has 0 bridgehead atoms. The maximum Gasteiger partial charge on any atom is 0.413 e. The van der Waals surface area contributed by atoms with Gasteiger partial charge in [-0.1, -0.05) is 48.5 Å². The molecule has 1 atom stereocenters. The fraction of sp³-hybridized carbons (Fsp3) is 0.440. The van der Waals surface area contributed by atoms with E-state index >= 15 is 0 Å². The largest absolute Gasteiger partial charge is 0.448 e. The third kappa shape index (κ3) is 3.85. The van der Waals surface area contributed by atoms with Gasteiger partial charge in [0.25, 0.3) is 0 Å². The number of esters is 1. The second-order valence-electron chi connectivity index (χ2n) is 8.92. The highest BCUT2D eigenvalue weighted by Crippen LogP contribution is 2.44. The van der Waals surface area contributed by atoms with E-state index in [9.17, 15) is 18.4 Å². The van der Waals surface area contributed by atoms with E-state index in [-0.39, 0.29) is 38.0 Å². The highest BCUT2D eigenvalue weighted by Gasteiger charge is 2.43. The van der Waals surface area contributed by atoms with Gasteiger partial charge in [-0.05, 0) is 47.4 Å². The maximum absolute atomic E-state index is 13.5. The Morgan fingerprint density at radius 1 is 1.03 bits per heavy atom. The van der Waals surface area contributed by atoms with Crippen molar-refractivity contribution in [2.24, 2.45) is 5.92 Å². The Bertz CT molecular complexity index is 985.